The maximum atomic E-state index is 12.5. The van der Waals surface area contributed by atoms with Crippen molar-refractivity contribution in [1.29, 1.82) is 0 Å². The summed E-state index contributed by atoms with van der Waals surface area (Å²) in [5, 5.41) is 3.19. The molecule has 112 valence electrons. The molecule has 1 aromatic carbocycles. The Labute approximate surface area is 135 Å². The Hall–Kier alpha value is -2.31. The minimum atomic E-state index is -0.380. The van der Waals surface area contributed by atoms with E-state index >= 15 is 0 Å². The smallest absolute Gasteiger partial charge is 0.258 e. The van der Waals surface area contributed by atoms with Crippen molar-refractivity contribution in [3.8, 4) is 5.75 Å². The van der Waals surface area contributed by atoms with Gasteiger partial charge in [0, 0.05) is 12.4 Å². The summed E-state index contributed by atoms with van der Waals surface area (Å²) >= 11 is 12.0. The Bertz CT molecular complexity index is 843. The molecule has 0 aliphatic carbocycles. The number of ether oxygens (including phenoxy) is 1. The number of H-pyrrole nitrogens is 1. The fourth-order valence-electron chi connectivity index (χ4n) is 2.07. The zero-order valence-corrected chi connectivity index (χ0v) is 12.9. The first kappa shape index (κ1) is 14.6. The van der Waals surface area contributed by atoms with Crippen LogP contribution in [0, 0.1) is 0 Å². The van der Waals surface area contributed by atoms with E-state index < -0.39 is 0 Å². The Morgan fingerprint density at radius 3 is 2.68 bits per heavy atom. The van der Waals surface area contributed by atoms with Crippen LogP contribution in [0.4, 0.5) is 5.69 Å². The number of methoxy groups -OCH3 is 1. The molecule has 0 fully saturated rings. The molecule has 0 radical (unpaired) electrons. The summed E-state index contributed by atoms with van der Waals surface area (Å²) in [7, 11) is 1.55. The summed E-state index contributed by atoms with van der Waals surface area (Å²) in [6, 6.07) is 3.31. The fraction of sp³-hybridized carbons (Fsp3) is 0.0714. The predicted molar refractivity (Wildman–Crippen MR) is 84.9 cm³/mol. The van der Waals surface area contributed by atoms with Crippen molar-refractivity contribution < 1.29 is 9.53 Å². The average molecular weight is 337 g/mol. The topological polar surface area (TPSA) is 79.9 Å². The Kier molecular flexibility index (Phi) is 3.87. The summed E-state index contributed by atoms with van der Waals surface area (Å²) in [5.74, 6) is 0.221. The molecule has 6 nitrogen and oxygen atoms in total. The molecule has 1 amide bonds. The van der Waals surface area contributed by atoms with Crippen LogP contribution >= 0.6 is 23.2 Å². The number of aromatic amines is 1. The number of benzene rings is 1. The van der Waals surface area contributed by atoms with E-state index in [1.807, 2.05) is 0 Å². The van der Waals surface area contributed by atoms with Crippen molar-refractivity contribution >= 4 is 45.8 Å². The first-order valence-corrected chi connectivity index (χ1v) is 6.98. The molecule has 0 bridgehead atoms. The van der Waals surface area contributed by atoms with Crippen molar-refractivity contribution in [1.82, 2.24) is 15.0 Å². The molecular weight excluding hydrogens is 327 g/mol. The second-order valence-electron chi connectivity index (χ2n) is 4.37. The quantitative estimate of drug-likeness (QED) is 0.766. The van der Waals surface area contributed by atoms with Gasteiger partial charge in [-0.3, -0.25) is 9.78 Å². The van der Waals surface area contributed by atoms with Crippen LogP contribution in [-0.2, 0) is 0 Å². The van der Waals surface area contributed by atoms with E-state index in [4.69, 9.17) is 27.9 Å². The average Bonchev–Trinajstić information content (AvgIpc) is 2.99. The molecule has 0 atom stereocenters. The van der Waals surface area contributed by atoms with Crippen LogP contribution in [-0.4, -0.2) is 28.0 Å². The number of carbonyl (C=O) groups excluding carboxylic acids is 1. The molecule has 0 unspecified atom stereocenters. The zero-order valence-electron chi connectivity index (χ0n) is 11.4. The highest BCUT2D eigenvalue weighted by Crippen LogP contribution is 2.30. The van der Waals surface area contributed by atoms with E-state index in [1.165, 1.54) is 18.7 Å². The van der Waals surface area contributed by atoms with Crippen LogP contribution in [0.3, 0.4) is 0 Å². The normalized spacial score (nSPS) is 10.7. The SMILES string of the molecule is COc1ccc(C(=O)Nc2c(Cl)cncc2Cl)c2nc[nH]c12. The molecule has 0 saturated carbocycles. The maximum absolute atomic E-state index is 12.5. The van der Waals surface area contributed by atoms with Gasteiger partial charge in [-0.2, -0.15) is 0 Å². The van der Waals surface area contributed by atoms with E-state index in [-0.39, 0.29) is 16.0 Å². The van der Waals surface area contributed by atoms with Crippen molar-refractivity contribution in [3.63, 3.8) is 0 Å². The number of aromatic nitrogens is 3. The number of nitrogens with one attached hydrogen (secondary N) is 2. The van der Waals surface area contributed by atoms with Crippen LogP contribution in [0.1, 0.15) is 10.4 Å². The van der Waals surface area contributed by atoms with Gasteiger partial charge in [-0.15, -0.1) is 0 Å². The number of pyridine rings is 1. The van der Waals surface area contributed by atoms with Gasteiger partial charge < -0.3 is 15.0 Å². The van der Waals surface area contributed by atoms with Gasteiger partial charge in [0.25, 0.3) is 5.91 Å². The number of nitrogens with zero attached hydrogens (tertiary/aromatic N) is 2. The second kappa shape index (κ2) is 5.82. The minimum Gasteiger partial charge on any atom is -0.494 e. The Morgan fingerprint density at radius 2 is 2.00 bits per heavy atom. The molecule has 3 rings (SSSR count). The van der Waals surface area contributed by atoms with E-state index in [9.17, 15) is 4.79 Å². The van der Waals surface area contributed by atoms with Crippen molar-refractivity contribution in [3.05, 3.63) is 46.5 Å². The molecule has 0 aliphatic heterocycles. The van der Waals surface area contributed by atoms with Gasteiger partial charge >= 0.3 is 0 Å². The lowest BCUT2D eigenvalue weighted by Crippen LogP contribution is -2.13. The molecule has 0 saturated heterocycles. The summed E-state index contributed by atoms with van der Waals surface area (Å²) < 4.78 is 5.22. The number of halogens is 2. The Morgan fingerprint density at radius 1 is 1.27 bits per heavy atom. The van der Waals surface area contributed by atoms with Crippen LogP contribution in [0.2, 0.25) is 10.0 Å². The molecule has 3 aromatic rings. The van der Waals surface area contributed by atoms with Crippen LogP contribution < -0.4 is 10.1 Å². The number of fused-ring (bicyclic) bond motifs is 1. The maximum Gasteiger partial charge on any atom is 0.258 e. The van der Waals surface area contributed by atoms with Crippen molar-refractivity contribution in [2.45, 2.75) is 0 Å². The zero-order chi connectivity index (χ0) is 15.7. The number of carbonyl (C=O) groups is 1. The molecule has 8 heteroatoms. The molecule has 0 aliphatic rings. The second-order valence-corrected chi connectivity index (χ2v) is 5.19. The van der Waals surface area contributed by atoms with Gasteiger partial charge in [-0.25, -0.2) is 4.98 Å². The molecule has 2 aromatic heterocycles. The van der Waals surface area contributed by atoms with Gasteiger partial charge in [0.2, 0.25) is 0 Å². The number of hydrogen-bond donors (Lipinski definition) is 2. The predicted octanol–water partition coefficient (Wildman–Crippen LogP) is 3.53. The fourth-order valence-corrected chi connectivity index (χ4v) is 2.53. The van der Waals surface area contributed by atoms with Gasteiger partial charge in [-0.1, -0.05) is 23.2 Å². The first-order chi connectivity index (χ1) is 10.6. The number of anilines is 1. The van der Waals surface area contributed by atoms with Gasteiger partial charge in [-0.05, 0) is 12.1 Å². The first-order valence-electron chi connectivity index (χ1n) is 6.22. The van der Waals surface area contributed by atoms with Crippen molar-refractivity contribution in [2.75, 3.05) is 12.4 Å². The van der Waals surface area contributed by atoms with Gasteiger partial charge in [0.05, 0.1) is 34.7 Å². The van der Waals surface area contributed by atoms with Gasteiger partial charge in [0.1, 0.15) is 16.8 Å². The summed E-state index contributed by atoms with van der Waals surface area (Å²) in [4.78, 5) is 23.4. The number of rotatable bonds is 3. The molecule has 2 heterocycles. The lowest BCUT2D eigenvalue weighted by molar-refractivity contribution is 0.102. The molecule has 0 spiro atoms. The minimum absolute atomic E-state index is 0.257. The highest BCUT2D eigenvalue weighted by atomic mass is 35.5. The Balaban J connectivity index is 2.01. The molecular formula is C14H10Cl2N4O2. The summed E-state index contributed by atoms with van der Waals surface area (Å²) in [6.07, 6.45) is 4.30. The summed E-state index contributed by atoms with van der Waals surface area (Å²) in [5.41, 5.74) is 1.82. The molecule has 2 N–H and O–H groups in total. The standard InChI is InChI=1S/C14H10Cl2N4O2/c1-22-10-3-2-7(11-13(10)19-6-18-11)14(21)20-12-8(15)4-17-5-9(12)16/h2-6H,1H3,(H,18,19)(H,17,20,21). The van der Waals surface area contributed by atoms with E-state index in [0.29, 0.717) is 28.0 Å². The van der Waals surface area contributed by atoms with E-state index in [2.05, 4.69) is 20.3 Å². The lowest BCUT2D eigenvalue weighted by atomic mass is 10.1. The van der Waals surface area contributed by atoms with E-state index in [0.717, 1.165) is 0 Å². The highest BCUT2D eigenvalue weighted by molar-refractivity contribution is 6.39. The van der Waals surface area contributed by atoms with Crippen LogP contribution in [0.5, 0.6) is 5.75 Å². The summed E-state index contributed by atoms with van der Waals surface area (Å²) in [6.45, 7) is 0. The van der Waals surface area contributed by atoms with Crippen LogP contribution in [0.25, 0.3) is 11.0 Å². The third-order valence-electron chi connectivity index (χ3n) is 3.10. The lowest BCUT2D eigenvalue weighted by Gasteiger charge is -2.10. The monoisotopic (exact) mass is 336 g/mol. The molecule has 22 heavy (non-hydrogen) atoms. The van der Waals surface area contributed by atoms with Crippen molar-refractivity contribution in [2.24, 2.45) is 0 Å². The highest BCUT2D eigenvalue weighted by Gasteiger charge is 2.17. The van der Waals surface area contributed by atoms with E-state index in [1.54, 1.807) is 19.2 Å². The van der Waals surface area contributed by atoms with Gasteiger partial charge in [0.15, 0.2) is 0 Å². The number of imidazole rings is 1. The number of hydrogen-bond acceptors (Lipinski definition) is 4. The van der Waals surface area contributed by atoms with Crippen LogP contribution in [0.15, 0.2) is 30.9 Å². The largest absolute Gasteiger partial charge is 0.494 e. The third-order valence-corrected chi connectivity index (χ3v) is 3.67. The number of amides is 1. The third kappa shape index (κ3) is 2.47.